The third-order valence-corrected chi connectivity index (χ3v) is 6.60. The van der Waals surface area contributed by atoms with Crippen LogP contribution in [-0.2, 0) is 9.59 Å². The number of amides is 2. The lowest BCUT2D eigenvalue weighted by molar-refractivity contribution is -0.200. The monoisotopic (exact) mass is 388 g/mol. The molecular formula is C20H31F3N2O2. The maximum atomic E-state index is 13.3. The smallest absolute Gasteiger partial charge is 0.341 e. The van der Waals surface area contributed by atoms with Crippen LogP contribution in [0, 0.1) is 17.8 Å². The number of carbonyl (C=O) groups excluding carboxylic acids is 2. The fourth-order valence-electron chi connectivity index (χ4n) is 5.03. The molecule has 1 aliphatic heterocycles. The molecule has 0 aromatic rings. The lowest BCUT2D eigenvalue weighted by Gasteiger charge is -2.35. The third-order valence-electron chi connectivity index (χ3n) is 6.60. The van der Waals surface area contributed by atoms with E-state index in [0.29, 0.717) is 64.2 Å². The zero-order valence-electron chi connectivity index (χ0n) is 16.0. The van der Waals surface area contributed by atoms with E-state index in [0.717, 1.165) is 12.8 Å². The molecule has 27 heavy (non-hydrogen) atoms. The zero-order valence-corrected chi connectivity index (χ0v) is 16.0. The molecule has 4 nitrogen and oxygen atoms in total. The van der Waals surface area contributed by atoms with Crippen LogP contribution in [0.4, 0.5) is 13.2 Å². The van der Waals surface area contributed by atoms with Crippen LogP contribution in [0.3, 0.4) is 0 Å². The van der Waals surface area contributed by atoms with E-state index in [4.69, 9.17) is 0 Å². The lowest BCUT2D eigenvalue weighted by Crippen LogP contribution is -2.46. The highest BCUT2D eigenvalue weighted by molar-refractivity contribution is 5.80. The van der Waals surface area contributed by atoms with Crippen molar-refractivity contribution in [3.8, 4) is 0 Å². The van der Waals surface area contributed by atoms with Crippen LogP contribution in [0.5, 0.6) is 0 Å². The maximum Gasteiger partial charge on any atom is 0.392 e. The van der Waals surface area contributed by atoms with Gasteiger partial charge in [-0.05, 0) is 38.0 Å². The second-order valence-electron chi connectivity index (χ2n) is 8.45. The van der Waals surface area contributed by atoms with Crippen molar-refractivity contribution in [2.75, 3.05) is 26.2 Å². The summed E-state index contributed by atoms with van der Waals surface area (Å²) in [6, 6.07) is 0. The van der Waals surface area contributed by atoms with Crippen LogP contribution in [0.25, 0.3) is 0 Å². The first-order chi connectivity index (χ1) is 12.9. The van der Waals surface area contributed by atoms with Gasteiger partial charge in [0.1, 0.15) is 0 Å². The second kappa shape index (κ2) is 8.82. The van der Waals surface area contributed by atoms with Crippen LogP contribution in [0.1, 0.15) is 64.2 Å². The fourth-order valence-corrected chi connectivity index (χ4v) is 5.03. The first kappa shape index (κ1) is 20.5. The molecule has 7 heteroatoms. The van der Waals surface area contributed by atoms with Crippen LogP contribution in [0.2, 0.25) is 0 Å². The Morgan fingerprint density at radius 2 is 1.37 bits per heavy atom. The molecule has 2 atom stereocenters. The van der Waals surface area contributed by atoms with Gasteiger partial charge in [0, 0.05) is 38.5 Å². The molecule has 154 valence electrons. The molecule has 0 aromatic heterocycles. The predicted octanol–water partition coefficient (Wildman–Crippen LogP) is 4.00. The Hall–Kier alpha value is -1.27. The summed E-state index contributed by atoms with van der Waals surface area (Å²) in [7, 11) is 0. The molecule has 1 saturated heterocycles. The average Bonchev–Trinajstić information content (AvgIpc) is 3.01. The Labute approximate surface area is 159 Å². The maximum absolute atomic E-state index is 13.3. The Balaban J connectivity index is 1.56. The predicted molar refractivity (Wildman–Crippen MR) is 95.9 cm³/mol. The molecule has 0 bridgehead atoms. The summed E-state index contributed by atoms with van der Waals surface area (Å²) in [6.45, 7) is 1.85. The van der Waals surface area contributed by atoms with Gasteiger partial charge >= 0.3 is 6.18 Å². The van der Waals surface area contributed by atoms with Crippen molar-refractivity contribution in [2.24, 2.45) is 17.8 Å². The normalized spacial score (nSPS) is 28.3. The zero-order chi connectivity index (χ0) is 19.4. The van der Waals surface area contributed by atoms with Crippen LogP contribution in [-0.4, -0.2) is 54.0 Å². The van der Waals surface area contributed by atoms with E-state index in [1.54, 1.807) is 4.90 Å². The van der Waals surface area contributed by atoms with E-state index in [-0.39, 0.29) is 18.2 Å². The van der Waals surface area contributed by atoms with Crippen LogP contribution in [0.15, 0.2) is 0 Å². The molecule has 3 rings (SSSR count). The Morgan fingerprint density at radius 3 is 2.07 bits per heavy atom. The minimum absolute atomic E-state index is 0.0553. The van der Waals surface area contributed by atoms with Gasteiger partial charge in [-0.25, -0.2) is 0 Å². The number of rotatable bonds is 3. The molecule has 0 radical (unpaired) electrons. The summed E-state index contributed by atoms with van der Waals surface area (Å²) in [6.07, 6.45) is 3.14. The molecule has 0 aromatic carbocycles. The minimum Gasteiger partial charge on any atom is -0.341 e. The van der Waals surface area contributed by atoms with Crippen molar-refractivity contribution in [3.63, 3.8) is 0 Å². The number of alkyl halides is 3. The van der Waals surface area contributed by atoms with Crippen molar-refractivity contribution < 1.29 is 22.8 Å². The molecule has 1 heterocycles. The van der Waals surface area contributed by atoms with Gasteiger partial charge in [-0.2, -0.15) is 13.2 Å². The van der Waals surface area contributed by atoms with Gasteiger partial charge in [0.25, 0.3) is 0 Å². The van der Waals surface area contributed by atoms with Crippen molar-refractivity contribution >= 4 is 11.8 Å². The quantitative estimate of drug-likeness (QED) is 0.733. The molecule has 0 N–H and O–H groups in total. The molecule has 0 unspecified atom stereocenters. The van der Waals surface area contributed by atoms with Gasteiger partial charge in [0.2, 0.25) is 11.8 Å². The Kier molecular flexibility index (Phi) is 6.69. The molecule has 2 aliphatic carbocycles. The van der Waals surface area contributed by atoms with Gasteiger partial charge in [-0.15, -0.1) is 0 Å². The van der Waals surface area contributed by atoms with E-state index in [1.165, 1.54) is 12.8 Å². The number of nitrogens with zero attached hydrogens (tertiary/aromatic N) is 2. The average molecular weight is 388 g/mol. The van der Waals surface area contributed by atoms with E-state index >= 15 is 0 Å². The highest BCUT2D eigenvalue weighted by Gasteiger charge is 2.49. The fraction of sp³-hybridized carbons (Fsp3) is 0.900. The standard InChI is InChI=1S/C20H31F3N2O2/c21-20(22,23)17-9-4-3-8-16(17)19(27)25-11-5-10-24(12-13-25)18(26)14-15-6-1-2-7-15/h15-17H,1-14H2/t16-,17-/m1/s1. The molecule has 2 amide bonds. The summed E-state index contributed by atoms with van der Waals surface area (Å²) in [5.41, 5.74) is 0. The van der Waals surface area contributed by atoms with Crippen molar-refractivity contribution in [1.29, 1.82) is 0 Å². The molecule has 3 fully saturated rings. The Morgan fingerprint density at radius 1 is 0.778 bits per heavy atom. The summed E-state index contributed by atoms with van der Waals surface area (Å²) in [5, 5.41) is 0. The number of halogens is 3. The summed E-state index contributed by atoms with van der Waals surface area (Å²) < 4.78 is 40.0. The van der Waals surface area contributed by atoms with E-state index in [2.05, 4.69) is 0 Å². The molecule has 0 spiro atoms. The van der Waals surface area contributed by atoms with Crippen molar-refractivity contribution in [1.82, 2.24) is 9.80 Å². The van der Waals surface area contributed by atoms with Crippen molar-refractivity contribution in [2.45, 2.75) is 70.4 Å². The number of hydrogen-bond donors (Lipinski definition) is 0. The summed E-state index contributed by atoms with van der Waals surface area (Å²) in [4.78, 5) is 28.8. The first-order valence-corrected chi connectivity index (χ1v) is 10.5. The van der Waals surface area contributed by atoms with E-state index < -0.39 is 18.0 Å². The molecule has 2 saturated carbocycles. The van der Waals surface area contributed by atoms with Crippen LogP contribution >= 0.6 is 0 Å². The number of hydrogen-bond acceptors (Lipinski definition) is 2. The largest absolute Gasteiger partial charge is 0.392 e. The topological polar surface area (TPSA) is 40.6 Å². The van der Waals surface area contributed by atoms with E-state index in [1.807, 2.05) is 4.90 Å². The van der Waals surface area contributed by atoms with Gasteiger partial charge < -0.3 is 9.80 Å². The molecular weight excluding hydrogens is 357 g/mol. The van der Waals surface area contributed by atoms with Crippen molar-refractivity contribution in [3.05, 3.63) is 0 Å². The first-order valence-electron chi connectivity index (χ1n) is 10.5. The van der Waals surface area contributed by atoms with E-state index in [9.17, 15) is 22.8 Å². The third kappa shape index (κ3) is 5.17. The SMILES string of the molecule is O=C(CC1CCCC1)N1CCCN(C(=O)[C@@H]2CCCC[C@H]2C(F)(F)F)CC1. The summed E-state index contributed by atoms with van der Waals surface area (Å²) >= 11 is 0. The highest BCUT2D eigenvalue weighted by Crippen LogP contribution is 2.42. The Bertz CT molecular complexity index is 532. The van der Waals surface area contributed by atoms with Gasteiger partial charge in [0.05, 0.1) is 5.92 Å². The van der Waals surface area contributed by atoms with Gasteiger partial charge in [-0.1, -0.05) is 25.7 Å². The second-order valence-corrected chi connectivity index (χ2v) is 8.45. The van der Waals surface area contributed by atoms with Gasteiger partial charge in [0.15, 0.2) is 0 Å². The highest BCUT2D eigenvalue weighted by atomic mass is 19.4. The molecule has 3 aliphatic rings. The van der Waals surface area contributed by atoms with Crippen LogP contribution < -0.4 is 0 Å². The minimum atomic E-state index is -4.31. The summed E-state index contributed by atoms with van der Waals surface area (Å²) in [5.74, 6) is -2.20. The lowest BCUT2D eigenvalue weighted by atomic mass is 9.78. The van der Waals surface area contributed by atoms with Gasteiger partial charge in [-0.3, -0.25) is 9.59 Å². The number of carbonyl (C=O) groups is 2.